The lowest BCUT2D eigenvalue weighted by atomic mass is 10.1. The molecule has 1 atom stereocenters. The molecule has 22 heavy (non-hydrogen) atoms. The molecule has 1 aromatic carbocycles. The molecule has 6 nitrogen and oxygen atoms in total. The Morgan fingerprint density at radius 2 is 2.23 bits per heavy atom. The predicted octanol–water partition coefficient (Wildman–Crippen LogP) is 2.47. The first kappa shape index (κ1) is 14.6. The van der Waals surface area contributed by atoms with E-state index in [1.165, 1.54) is 0 Å². The van der Waals surface area contributed by atoms with Gasteiger partial charge in [-0.25, -0.2) is 4.98 Å². The number of hydrogen-bond donors (Lipinski definition) is 2. The van der Waals surface area contributed by atoms with Gasteiger partial charge in [0.05, 0.1) is 17.9 Å². The zero-order valence-corrected chi connectivity index (χ0v) is 12.9. The van der Waals surface area contributed by atoms with Crippen molar-refractivity contribution in [1.29, 1.82) is 0 Å². The Balaban J connectivity index is 1.68. The van der Waals surface area contributed by atoms with Gasteiger partial charge in [-0.05, 0) is 38.5 Å². The highest BCUT2D eigenvalue weighted by atomic mass is 16.5. The molecular formula is C16H19N3O3. The molecule has 0 aliphatic carbocycles. The number of amides is 1. The molecule has 0 bridgehead atoms. The predicted molar refractivity (Wildman–Crippen MR) is 81.8 cm³/mol. The van der Waals surface area contributed by atoms with Crippen molar-refractivity contribution >= 4 is 11.6 Å². The zero-order valence-electron chi connectivity index (χ0n) is 12.9. The van der Waals surface area contributed by atoms with E-state index < -0.39 is 0 Å². The van der Waals surface area contributed by atoms with Crippen LogP contribution in [0.3, 0.4) is 0 Å². The second-order valence-electron chi connectivity index (χ2n) is 5.44. The fourth-order valence-corrected chi connectivity index (χ4v) is 2.34. The van der Waals surface area contributed by atoms with Crippen molar-refractivity contribution < 1.29 is 13.9 Å². The monoisotopic (exact) mass is 301 g/mol. The molecule has 0 fully saturated rings. The smallest absolute Gasteiger partial charge is 0.262 e. The quantitative estimate of drug-likeness (QED) is 0.907. The maximum absolute atomic E-state index is 11.4. The van der Waals surface area contributed by atoms with Crippen LogP contribution in [0, 0.1) is 13.8 Å². The van der Waals surface area contributed by atoms with Crippen LogP contribution in [0.15, 0.2) is 22.6 Å². The summed E-state index contributed by atoms with van der Waals surface area (Å²) < 4.78 is 10.9. The van der Waals surface area contributed by atoms with Crippen LogP contribution in [0.2, 0.25) is 0 Å². The molecule has 1 aliphatic rings. The average Bonchev–Trinajstić information content (AvgIpc) is 2.82. The SMILES string of the molecule is Cc1nc(CN[C@H](C)c2ccc3c(c2)NC(=O)CO3)oc1C. The summed E-state index contributed by atoms with van der Waals surface area (Å²) >= 11 is 0. The zero-order chi connectivity index (χ0) is 15.7. The Hall–Kier alpha value is -2.34. The summed E-state index contributed by atoms with van der Waals surface area (Å²) in [6.45, 7) is 6.51. The first-order valence-corrected chi connectivity index (χ1v) is 7.26. The van der Waals surface area contributed by atoms with Gasteiger partial charge in [-0.1, -0.05) is 6.07 Å². The standard InChI is InChI=1S/C16H19N3O3/c1-9-11(3)22-16(18-9)7-17-10(2)12-4-5-14-13(6-12)19-15(20)8-21-14/h4-6,10,17H,7-8H2,1-3H3,(H,19,20)/t10-/m1/s1. The van der Waals surface area contributed by atoms with Crippen LogP contribution in [-0.2, 0) is 11.3 Å². The van der Waals surface area contributed by atoms with Gasteiger partial charge in [-0.3, -0.25) is 4.79 Å². The average molecular weight is 301 g/mol. The van der Waals surface area contributed by atoms with E-state index in [2.05, 4.69) is 22.5 Å². The normalized spacial score (nSPS) is 15.0. The minimum absolute atomic E-state index is 0.0724. The molecule has 0 unspecified atom stereocenters. The first-order chi connectivity index (χ1) is 10.5. The summed E-state index contributed by atoms with van der Waals surface area (Å²) in [5.41, 5.74) is 2.69. The molecular weight excluding hydrogens is 282 g/mol. The topological polar surface area (TPSA) is 76.4 Å². The molecule has 0 saturated heterocycles. The van der Waals surface area contributed by atoms with E-state index in [0.29, 0.717) is 23.9 Å². The van der Waals surface area contributed by atoms with Crippen LogP contribution in [0.5, 0.6) is 5.75 Å². The molecule has 1 aromatic heterocycles. The number of benzene rings is 1. The van der Waals surface area contributed by atoms with Gasteiger partial charge in [0.1, 0.15) is 11.5 Å². The lowest BCUT2D eigenvalue weighted by molar-refractivity contribution is -0.118. The molecule has 3 rings (SSSR count). The number of anilines is 1. The van der Waals surface area contributed by atoms with E-state index in [9.17, 15) is 4.79 Å². The van der Waals surface area contributed by atoms with Crippen molar-refractivity contribution in [3.05, 3.63) is 41.1 Å². The number of aryl methyl sites for hydroxylation is 2. The highest BCUT2D eigenvalue weighted by molar-refractivity contribution is 5.95. The lowest BCUT2D eigenvalue weighted by Gasteiger charge is -2.20. The fraction of sp³-hybridized carbons (Fsp3) is 0.375. The number of nitrogens with zero attached hydrogens (tertiary/aromatic N) is 1. The maximum atomic E-state index is 11.4. The summed E-state index contributed by atoms with van der Waals surface area (Å²) in [5, 5.41) is 6.18. The fourth-order valence-electron chi connectivity index (χ4n) is 2.34. The number of oxazole rings is 1. The number of rotatable bonds is 4. The molecule has 1 aliphatic heterocycles. The summed E-state index contributed by atoms with van der Waals surface area (Å²) in [5.74, 6) is 2.10. The number of aromatic nitrogens is 1. The molecule has 0 spiro atoms. The van der Waals surface area contributed by atoms with E-state index >= 15 is 0 Å². The second kappa shape index (κ2) is 5.81. The van der Waals surface area contributed by atoms with Crippen molar-refractivity contribution in [2.45, 2.75) is 33.4 Å². The highest BCUT2D eigenvalue weighted by Crippen LogP contribution is 2.30. The van der Waals surface area contributed by atoms with Crippen LogP contribution >= 0.6 is 0 Å². The van der Waals surface area contributed by atoms with Gasteiger partial charge >= 0.3 is 0 Å². The minimum Gasteiger partial charge on any atom is -0.482 e. The number of nitrogens with one attached hydrogen (secondary N) is 2. The lowest BCUT2D eigenvalue weighted by Crippen LogP contribution is -2.26. The number of hydrogen-bond acceptors (Lipinski definition) is 5. The van der Waals surface area contributed by atoms with Gasteiger partial charge < -0.3 is 19.8 Å². The number of carbonyl (C=O) groups excluding carboxylic acids is 1. The molecule has 0 radical (unpaired) electrons. The van der Waals surface area contributed by atoms with Crippen molar-refractivity contribution in [1.82, 2.24) is 10.3 Å². The third kappa shape index (κ3) is 2.96. The van der Waals surface area contributed by atoms with Gasteiger partial charge in [0.2, 0.25) is 5.89 Å². The van der Waals surface area contributed by atoms with E-state index in [4.69, 9.17) is 9.15 Å². The first-order valence-electron chi connectivity index (χ1n) is 7.26. The molecule has 2 heterocycles. The maximum Gasteiger partial charge on any atom is 0.262 e. The Kier molecular flexibility index (Phi) is 3.85. The van der Waals surface area contributed by atoms with Crippen molar-refractivity contribution in [2.24, 2.45) is 0 Å². The van der Waals surface area contributed by atoms with Crippen molar-refractivity contribution in [3.8, 4) is 5.75 Å². The van der Waals surface area contributed by atoms with Gasteiger partial charge in [0.25, 0.3) is 5.91 Å². The van der Waals surface area contributed by atoms with Crippen LogP contribution in [0.4, 0.5) is 5.69 Å². The van der Waals surface area contributed by atoms with E-state index in [1.807, 2.05) is 32.0 Å². The summed E-state index contributed by atoms with van der Waals surface area (Å²) in [4.78, 5) is 15.7. The van der Waals surface area contributed by atoms with Crippen LogP contribution < -0.4 is 15.4 Å². The van der Waals surface area contributed by atoms with Crippen LogP contribution in [0.25, 0.3) is 0 Å². The van der Waals surface area contributed by atoms with Crippen LogP contribution in [0.1, 0.15) is 35.9 Å². The number of fused-ring (bicyclic) bond motifs is 1. The van der Waals surface area contributed by atoms with Crippen LogP contribution in [-0.4, -0.2) is 17.5 Å². The third-order valence-electron chi connectivity index (χ3n) is 3.77. The molecule has 0 saturated carbocycles. The largest absolute Gasteiger partial charge is 0.482 e. The van der Waals surface area contributed by atoms with Gasteiger partial charge in [-0.2, -0.15) is 0 Å². The summed E-state index contributed by atoms with van der Waals surface area (Å²) in [7, 11) is 0. The molecule has 116 valence electrons. The Morgan fingerprint density at radius 3 is 2.95 bits per heavy atom. The molecule has 2 aromatic rings. The summed E-state index contributed by atoms with van der Waals surface area (Å²) in [6, 6.07) is 5.88. The van der Waals surface area contributed by atoms with Gasteiger partial charge in [-0.15, -0.1) is 0 Å². The molecule has 1 amide bonds. The Morgan fingerprint density at radius 1 is 1.41 bits per heavy atom. The Labute approximate surface area is 128 Å². The third-order valence-corrected chi connectivity index (χ3v) is 3.77. The molecule has 2 N–H and O–H groups in total. The number of ether oxygens (including phenoxy) is 1. The van der Waals surface area contributed by atoms with E-state index in [0.717, 1.165) is 17.0 Å². The van der Waals surface area contributed by atoms with E-state index in [-0.39, 0.29) is 18.6 Å². The second-order valence-corrected chi connectivity index (χ2v) is 5.44. The highest BCUT2D eigenvalue weighted by Gasteiger charge is 2.17. The minimum atomic E-state index is -0.129. The molecule has 6 heteroatoms. The summed E-state index contributed by atoms with van der Waals surface area (Å²) in [6.07, 6.45) is 0. The van der Waals surface area contributed by atoms with Gasteiger partial charge in [0, 0.05) is 6.04 Å². The van der Waals surface area contributed by atoms with E-state index in [1.54, 1.807) is 0 Å². The van der Waals surface area contributed by atoms with Crippen molar-refractivity contribution in [2.75, 3.05) is 11.9 Å². The van der Waals surface area contributed by atoms with Gasteiger partial charge in [0.15, 0.2) is 6.61 Å². The Bertz CT molecular complexity index is 689. The number of carbonyl (C=O) groups is 1. The van der Waals surface area contributed by atoms with Crippen molar-refractivity contribution in [3.63, 3.8) is 0 Å².